The summed E-state index contributed by atoms with van der Waals surface area (Å²) in [6, 6.07) is 3.80. The fourth-order valence-electron chi connectivity index (χ4n) is 5.99. The fourth-order valence-corrected chi connectivity index (χ4v) is 5.99. The molecule has 0 amide bonds. The van der Waals surface area contributed by atoms with Crippen molar-refractivity contribution in [2.45, 2.75) is 88.7 Å². The molecule has 5 rings (SSSR count). The van der Waals surface area contributed by atoms with Crippen molar-refractivity contribution in [1.82, 2.24) is 25.7 Å². The number of nitrogens with zero attached hydrogens (tertiary/aromatic N) is 4. The van der Waals surface area contributed by atoms with E-state index in [1.807, 2.05) is 0 Å². The van der Waals surface area contributed by atoms with Gasteiger partial charge in [0.15, 0.2) is 0 Å². The molecule has 2 aliphatic carbocycles. The van der Waals surface area contributed by atoms with E-state index in [-0.39, 0.29) is 11.6 Å². The average Bonchev–Trinajstić information content (AvgIpc) is 3.36. The van der Waals surface area contributed by atoms with Gasteiger partial charge in [0.05, 0.1) is 30.0 Å². The summed E-state index contributed by atoms with van der Waals surface area (Å²) >= 11 is 0. The number of rotatable bonds is 7. The maximum atomic E-state index is 6.45. The van der Waals surface area contributed by atoms with Crippen LogP contribution in [-0.2, 0) is 9.47 Å². The Labute approximate surface area is 192 Å². The van der Waals surface area contributed by atoms with Gasteiger partial charge in [-0.05, 0) is 52.9 Å². The standard InChI is InChI=1S/C24H40N6O2/c1-16-13-29(9-10-30(16)17(2)14-31-4)22-12-21(25-15-26-22)23-19-11-18(32-24(3)7-8-24)5-6-20(19)27-28-23/h12,15-20,23,27-28H,5-11,13-14H2,1-4H3/t16-,17?,18?,19?,20?,23?/m1/s1. The Morgan fingerprint density at radius 1 is 1.22 bits per heavy atom. The highest BCUT2D eigenvalue weighted by Crippen LogP contribution is 2.45. The van der Waals surface area contributed by atoms with Gasteiger partial charge >= 0.3 is 0 Å². The Kier molecular flexibility index (Phi) is 6.42. The zero-order chi connectivity index (χ0) is 22.3. The molecule has 8 heteroatoms. The normalized spacial score (nSPS) is 35.5. The molecule has 2 N–H and O–H groups in total. The topological polar surface area (TPSA) is 74.8 Å². The van der Waals surface area contributed by atoms with Crippen LogP contribution in [0.3, 0.4) is 0 Å². The first kappa shape index (κ1) is 22.5. The van der Waals surface area contributed by atoms with Gasteiger partial charge < -0.3 is 14.4 Å². The minimum atomic E-state index is 0.147. The van der Waals surface area contributed by atoms with Crippen LogP contribution in [0, 0.1) is 5.92 Å². The Bertz CT molecular complexity index is 790. The lowest BCUT2D eigenvalue weighted by Crippen LogP contribution is -2.56. The number of aromatic nitrogens is 2. The molecule has 6 atom stereocenters. The lowest BCUT2D eigenvalue weighted by molar-refractivity contribution is -0.0500. The molecule has 32 heavy (non-hydrogen) atoms. The van der Waals surface area contributed by atoms with Crippen LogP contribution in [0.1, 0.15) is 64.6 Å². The number of hydrogen-bond donors (Lipinski definition) is 2. The van der Waals surface area contributed by atoms with E-state index in [1.165, 1.54) is 12.8 Å². The SMILES string of the molecule is COCC(C)N1CCN(c2cc(C3NNC4CCC(OC5(C)CC5)CC43)ncn2)C[C@H]1C. The summed E-state index contributed by atoms with van der Waals surface area (Å²) in [6.45, 7) is 10.6. The van der Waals surface area contributed by atoms with Crippen molar-refractivity contribution in [1.29, 1.82) is 0 Å². The van der Waals surface area contributed by atoms with E-state index in [1.54, 1.807) is 13.4 Å². The Morgan fingerprint density at radius 3 is 2.81 bits per heavy atom. The molecule has 4 fully saturated rings. The zero-order valence-corrected chi connectivity index (χ0v) is 20.1. The van der Waals surface area contributed by atoms with Gasteiger partial charge in [0.1, 0.15) is 12.1 Å². The molecule has 2 aliphatic heterocycles. The van der Waals surface area contributed by atoms with Crippen LogP contribution in [-0.4, -0.2) is 78.0 Å². The van der Waals surface area contributed by atoms with E-state index >= 15 is 0 Å². The zero-order valence-electron chi connectivity index (χ0n) is 20.1. The molecule has 178 valence electrons. The van der Waals surface area contributed by atoms with Crippen LogP contribution in [0.2, 0.25) is 0 Å². The number of hydrazine groups is 1. The summed E-state index contributed by atoms with van der Waals surface area (Å²) in [5.74, 6) is 1.55. The number of methoxy groups -OCH3 is 1. The van der Waals surface area contributed by atoms with E-state index < -0.39 is 0 Å². The first-order valence-corrected chi connectivity index (χ1v) is 12.5. The molecule has 1 aromatic rings. The van der Waals surface area contributed by atoms with Gasteiger partial charge in [-0.2, -0.15) is 0 Å². The first-order valence-electron chi connectivity index (χ1n) is 12.5. The molecule has 1 aromatic heterocycles. The molecule has 2 saturated carbocycles. The number of fused-ring (bicyclic) bond motifs is 1. The minimum absolute atomic E-state index is 0.147. The summed E-state index contributed by atoms with van der Waals surface area (Å²) in [5, 5.41) is 0. The van der Waals surface area contributed by atoms with Crippen LogP contribution < -0.4 is 15.8 Å². The second-order valence-electron chi connectivity index (χ2n) is 10.7. The molecule has 0 bridgehead atoms. The molecule has 3 heterocycles. The maximum absolute atomic E-state index is 6.45. The van der Waals surface area contributed by atoms with Gasteiger partial charge in [0, 0.05) is 56.9 Å². The molecule has 0 aromatic carbocycles. The van der Waals surface area contributed by atoms with E-state index in [4.69, 9.17) is 14.5 Å². The fraction of sp³-hybridized carbons (Fsp3) is 0.833. The molecule has 8 nitrogen and oxygen atoms in total. The number of hydrogen-bond acceptors (Lipinski definition) is 8. The van der Waals surface area contributed by atoms with Gasteiger partial charge in [-0.25, -0.2) is 15.4 Å². The largest absolute Gasteiger partial charge is 0.383 e. The Balaban J connectivity index is 1.25. The lowest BCUT2D eigenvalue weighted by Gasteiger charge is -2.43. The average molecular weight is 445 g/mol. The predicted octanol–water partition coefficient (Wildman–Crippen LogP) is 2.28. The molecule has 2 saturated heterocycles. The molecular weight excluding hydrogens is 404 g/mol. The lowest BCUT2D eigenvalue weighted by atomic mass is 9.79. The molecular formula is C24H40N6O2. The van der Waals surface area contributed by atoms with Crippen LogP contribution in [0.15, 0.2) is 12.4 Å². The summed E-state index contributed by atoms with van der Waals surface area (Å²) in [7, 11) is 1.78. The highest BCUT2D eigenvalue weighted by atomic mass is 16.5. The smallest absolute Gasteiger partial charge is 0.132 e. The Hall–Kier alpha value is -1.32. The highest BCUT2D eigenvalue weighted by Gasteiger charge is 2.46. The van der Waals surface area contributed by atoms with Crippen molar-refractivity contribution in [3.05, 3.63) is 18.1 Å². The van der Waals surface area contributed by atoms with E-state index in [0.717, 1.165) is 57.0 Å². The summed E-state index contributed by atoms with van der Waals surface area (Å²) < 4.78 is 11.8. The minimum Gasteiger partial charge on any atom is -0.383 e. The van der Waals surface area contributed by atoms with Crippen LogP contribution in [0.25, 0.3) is 0 Å². The molecule has 0 radical (unpaired) electrons. The van der Waals surface area contributed by atoms with E-state index in [2.05, 4.69) is 52.5 Å². The second-order valence-corrected chi connectivity index (χ2v) is 10.7. The third-order valence-electron chi connectivity index (χ3n) is 8.08. The molecule has 4 aliphatic rings. The number of ether oxygens (including phenoxy) is 2. The monoisotopic (exact) mass is 444 g/mol. The van der Waals surface area contributed by atoms with Crippen molar-refractivity contribution in [2.24, 2.45) is 5.92 Å². The van der Waals surface area contributed by atoms with Gasteiger partial charge in [-0.3, -0.25) is 10.3 Å². The van der Waals surface area contributed by atoms with Crippen molar-refractivity contribution < 1.29 is 9.47 Å². The summed E-state index contributed by atoms with van der Waals surface area (Å²) in [4.78, 5) is 14.3. The second kappa shape index (κ2) is 9.14. The van der Waals surface area contributed by atoms with Crippen LogP contribution in [0.5, 0.6) is 0 Å². The molecule has 5 unspecified atom stereocenters. The predicted molar refractivity (Wildman–Crippen MR) is 124 cm³/mol. The van der Waals surface area contributed by atoms with Crippen LogP contribution in [0.4, 0.5) is 5.82 Å². The van der Waals surface area contributed by atoms with Crippen molar-refractivity contribution in [2.75, 3.05) is 38.3 Å². The summed E-state index contributed by atoms with van der Waals surface area (Å²) in [5.41, 5.74) is 8.34. The quantitative estimate of drug-likeness (QED) is 0.664. The Morgan fingerprint density at radius 2 is 2.06 bits per heavy atom. The van der Waals surface area contributed by atoms with Crippen molar-refractivity contribution in [3.63, 3.8) is 0 Å². The third kappa shape index (κ3) is 4.66. The molecule has 0 spiro atoms. The highest BCUT2D eigenvalue weighted by molar-refractivity contribution is 5.41. The van der Waals surface area contributed by atoms with Crippen LogP contribution >= 0.6 is 0 Å². The van der Waals surface area contributed by atoms with Gasteiger partial charge in [0.25, 0.3) is 0 Å². The number of nitrogens with one attached hydrogen (secondary N) is 2. The number of piperazine rings is 1. The van der Waals surface area contributed by atoms with E-state index in [9.17, 15) is 0 Å². The van der Waals surface area contributed by atoms with Gasteiger partial charge in [-0.1, -0.05) is 0 Å². The third-order valence-corrected chi connectivity index (χ3v) is 8.08. The van der Waals surface area contributed by atoms with E-state index in [0.29, 0.717) is 30.1 Å². The first-order chi connectivity index (χ1) is 15.5. The van der Waals surface area contributed by atoms with Gasteiger partial charge in [0.2, 0.25) is 0 Å². The maximum Gasteiger partial charge on any atom is 0.132 e. The van der Waals surface area contributed by atoms with Gasteiger partial charge in [-0.15, -0.1) is 0 Å². The summed E-state index contributed by atoms with van der Waals surface area (Å²) in [6.07, 6.45) is 7.94. The number of anilines is 1. The van der Waals surface area contributed by atoms with Crippen molar-refractivity contribution in [3.8, 4) is 0 Å². The van der Waals surface area contributed by atoms with Crippen molar-refractivity contribution >= 4 is 5.82 Å².